The van der Waals surface area contributed by atoms with Crippen LogP contribution in [0.4, 0.5) is 11.4 Å². The van der Waals surface area contributed by atoms with E-state index < -0.39 is 0 Å². The van der Waals surface area contributed by atoms with Crippen molar-refractivity contribution in [3.63, 3.8) is 0 Å². The molecule has 0 saturated carbocycles. The molecule has 0 unspecified atom stereocenters. The van der Waals surface area contributed by atoms with Crippen molar-refractivity contribution < 1.29 is 19.1 Å². The van der Waals surface area contributed by atoms with Gasteiger partial charge in [0.1, 0.15) is 11.5 Å². The maximum atomic E-state index is 12.7. The maximum Gasteiger partial charge on any atom is 0.265 e. The quantitative estimate of drug-likeness (QED) is 0.237. The number of tetrazole rings is 2. The number of hydrogen-bond donors (Lipinski definition) is 2. The molecular weight excluding hydrogens is 659 g/mol. The van der Waals surface area contributed by atoms with E-state index in [1.54, 1.807) is 9.80 Å². The second-order valence-electron chi connectivity index (χ2n) is 10.9. The number of H-pyrrole nitrogens is 2. The van der Waals surface area contributed by atoms with Crippen molar-refractivity contribution >= 4 is 46.4 Å². The summed E-state index contributed by atoms with van der Waals surface area (Å²) in [6, 6.07) is 22.6. The Labute approximate surface area is 281 Å². The molecule has 4 aromatic carbocycles. The third-order valence-corrected chi connectivity index (χ3v) is 8.91. The molecule has 0 spiro atoms. The molecule has 16 heteroatoms. The molecule has 2 N–H and O–H groups in total. The zero-order chi connectivity index (χ0) is 32.8. The smallest absolute Gasteiger partial charge is 0.265 e. The van der Waals surface area contributed by atoms with Gasteiger partial charge in [-0.1, -0.05) is 82.2 Å². The van der Waals surface area contributed by atoms with Crippen molar-refractivity contribution in [2.45, 2.75) is 13.1 Å². The molecule has 0 aliphatic carbocycles. The van der Waals surface area contributed by atoms with Crippen molar-refractivity contribution in [2.24, 2.45) is 0 Å². The summed E-state index contributed by atoms with van der Waals surface area (Å²) in [7, 11) is 0. The average Bonchev–Trinajstić information content (AvgIpc) is 3.82. The van der Waals surface area contributed by atoms with Gasteiger partial charge in [-0.25, -0.2) is 0 Å². The Hall–Kier alpha value is -5.86. The fraction of sp³-hybridized carbons (Fsp3) is 0.125. The number of fused-ring (bicyclic) bond motifs is 2. The molecule has 2 aliphatic rings. The SMILES string of the molecule is O=C1COc2cc(-c3cccc(-c4cccc(-c5ccc6c(c5)OCC(=O)N6Cc5nn[nH]n5)c4Cl)c3Cl)ccc2N1Cc1nn[nH]n1. The summed E-state index contributed by atoms with van der Waals surface area (Å²) in [6.45, 7) is 0.0723. The summed E-state index contributed by atoms with van der Waals surface area (Å²) in [4.78, 5) is 28.4. The van der Waals surface area contributed by atoms with Gasteiger partial charge in [-0.3, -0.25) is 19.4 Å². The van der Waals surface area contributed by atoms with Gasteiger partial charge in [0.25, 0.3) is 11.8 Å². The highest BCUT2D eigenvalue weighted by Gasteiger charge is 2.29. The first-order valence-electron chi connectivity index (χ1n) is 14.6. The van der Waals surface area contributed by atoms with Crippen LogP contribution in [0.2, 0.25) is 10.0 Å². The van der Waals surface area contributed by atoms with Gasteiger partial charge >= 0.3 is 0 Å². The van der Waals surface area contributed by atoms with E-state index in [0.717, 1.165) is 33.4 Å². The number of aromatic amines is 2. The topological polar surface area (TPSA) is 168 Å². The number of benzene rings is 4. The number of nitrogens with one attached hydrogen (secondary N) is 2. The molecule has 6 aromatic rings. The van der Waals surface area contributed by atoms with Crippen LogP contribution in [-0.2, 0) is 22.7 Å². The standard InChI is InChI=1S/C32H22Cl2N10O4/c33-31-19(17-7-9-23-25(11-17)47-15-29(45)43(23)13-27-35-39-40-36-27)3-1-5-21(31)22-6-2-4-20(32(22)34)18-8-10-24-26(12-18)48-16-30(46)44(24)14-28-37-41-42-38-28/h1-12H,13-16H2,(H,35,36,39,40)(H,37,38,41,42). The molecule has 0 atom stereocenters. The second-order valence-corrected chi connectivity index (χ2v) is 11.6. The van der Waals surface area contributed by atoms with Gasteiger partial charge in [-0.05, 0) is 35.4 Å². The molecule has 0 fully saturated rings. The number of nitrogens with zero attached hydrogens (tertiary/aromatic N) is 8. The molecule has 48 heavy (non-hydrogen) atoms. The van der Waals surface area contributed by atoms with Gasteiger partial charge in [-0.2, -0.15) is 10.4 Å². The summed E-state index contributed by atoms with van der Waals surface area (Å²) in [5.41, 5.74) is 5.79. The molecule has 2 amide bonds. The highest BCUT2D eigenvalue weighted by atomic mass is 35.5. The summed E-state index contributed by atoms with van der Waals surface area (Å²) >= 11 is 14.2. The molecule has 14 nitrogen and oxygen atoms in total. The Morgan fingerprint density at radius 1 is 0.625 bits per heavy atom. The Bertz CT molecular complexity index is 2040. The minimum absolute atomic E-state index is 0.120. The van der Waals surface area contributed by atoms with E-state index >= 15 is 0 Å². The molecule has 8 rings (SSSR count). The molecule has 4 heterocycles. The number of hydrogen-bond acceptors (Lipinski definition) is 10. The first kappa shape index (κ1) is 29.5. The summed E-state index contributed by atoms with van der Waals surface area (Å²) in [5.74, 6) is 1.41. The van der Waals surface area contributed by atoms with E-state index in [9.17, 15) is 9.59 Å². The van der Waals surface area contributed by atoms with E-state index in [2.05, 4.69) is 41.2 Å². The van der Waals surface area contributed by atoms with Crippen molar-refractivity contribution in [1.82, 2.24) is 41.2 Å². The van der Waals surface area contributed by atoms with E-state index in [4.69, 9.17) is 32.7 Å². The van der Waals surface area contributed by atoms with E-state index in [-0.39, 0.29) is 38.1 Å². The third kappa shape index (κ3) is 5.26. The number of aromatic nitrogens is 8. The first-order valence-corrected chi connectivity index (χ1v) is 15.4. The van der Waals surface area contributed by atoms with Crippen LogP contribution in [0.15, 0.2) is 72.8 Å². The molecule has 2 aromatic heterocycles. The number of halogens is 2. The lowest BCUT2D eigenvalue weighted by molar-refractivity contribution is -0.122. The first-order chi connectivity index (χ1) is 23.4. The predicted molar refractivity (Wildman–Crippen MR) is 174 cm³/mol. The van der Waals surface area contributed by atoms with E-state index in [1.807, 2.05) is 72.8 Å². The van der Waals surface area contributed by atoms with Crippen LogP contribution in [0.3, 0.4) is 0 Å². The van der Waals surface area contributed by atoms with Gasteiger partial charge in [0.2, 0.25) is 0 Å². The Kier molecular flexibility index (Phi) is 7.42. The normalized spacial score (nSPS) is 14.0. The molecule has 0 bridgehead atoms. The van der Waals surface area contributed by atoms with Crippen LogP contribution >= 0.6 is 23.2 Å². The lowest BCUT2D eigenvalue weighted by Gasteiger charge is -2.29. The van der Waals surface area contributed by atoms with Crippen LogP contribution < -0.4 is 19.3 Å². The number of rotatable bonds is 7. The molecular formula is C32H22Cl2N10O4. The van der Waals surface area contributed by atoms with E-state index in [1.165, 1.54) is 0 Å². The minimum Gasteiger partial charge on any atom is -0.482 e. The maximum absolute atomic E-state index is 12.7. The van der Waals surface area contributed by atoms with Crippen LogP contribution in [0, 0.1) is 0 Å². The lowest BCUT2D eigenvalue weighted by Crippen LogP contribution is -2.38. The zero-order valence-corrected chi connectivity index (χ0v) is 26.2. The molecule has 2 aliphatic heterocycles. The largest absolute Gasteiger partial charge is 0.482 e. The van der Waals surface area contributed by atoms with Gasteiger partial charge in [0.05, 0.1) is 34.5 Å². The Balaban J connectivity index is 1.11. The minimum atomic E-state index is -0.213. The highest BCUT2D eigenvalue weighted by Crippen LogP contribution is 2.45. The van der Waals surface area contributed by atoms with Crippen LogP contribution in [0.1, 0.15) is 11.6 Å². The van der Waals surface area contributed by atoms with Crippen LogP contribution in [0.5, 0.6) is 11.5 Å². The van der Waals surface area contributed by atoms with E-state index in [0.29, 0.717) is 44.6 Å². The number of anilines is 2. The van der Waals surface area contributed by atoms with Crippen molar-refractivity contribution in [2.75, 3.05) is 23.0 Å². The fourth-order valence-electron chi connectivity index (χ4n) is 5.80. The third-order valence-electron chi connectivity index (χ3n) is 8.09. The van der Waals surface area contributed by atoms with Gasteiger partial charge in [0.15, 0.2) is 24.9 Å². The summed E-state index contributed by atoms with van der Waals surface area (Å²) < 4.78 is 11.6. The van der Waals surface area contributed by atoms with Crippen LogP contribution in [-0.4, -0.2) is 66.3 Å². The number of amides is 2. The summed E-state index contributed by atoms with van der Waals surface area (Å²) in [5, 5.41) is 28.8. The number of carbonyl (C=O) groups is 2. The number of ether oxygens (including phenoxy) is 2. The van der Waals surface area contributed by atoms with Crippen molar-refractivity contribution in [3.05, 3.63) is 94.5 Å². The van der Waals surface area contributed by atoms with Crippen LogP contribution in [0.25, 0.3) is 33.4 Å². The van der Waals surface area contributed by atoms with Crippen molar-refractivity contribution in [3.8, 4) is 44.9 Å². The highest BCUT2D eigenvalue weighted by molar-refractivity contribution is 6.39. The Morgan fingerprint density at radius 2 is 1.06 bits per heavy atom. The monoisotopic (exact) mass is 680 g/mol. The number of carbonyl (C=O) groups excluding carboxylic acids is 2. The van der Waals surface area contributed by atoms with Gasteiger partial charge in [-0.15, -0.1) is 20.4 Å². The van der Waals surface area contributed by atoms with Crippen molar-refractivity contribution in [1.29, 1.82) is 0 Å². The van der Waals surface area contributed by atoms with Gasteiger partial charge in [0, 0.05) is 22.3 Å². The summed E-state index contributed by atoms with van der Waals surface area (Å²) in [6.07, 6.45) is 0. The molecule has 0 saturated heterocycles. The lowest BCUT2D eigenvalue weighted by atomic mass is 9.95. The Morgan fingerprint density at radius 3 is 1.48 bits per heavy atom. The van der Waals surface area contributed by atoms with Gasteiger partial charge < -0.3 is 9.47 Å². The molecule has 238 valence electrons. The average molecular weight is 682 g/mol. The second kappa shape index (κ2) is 12.1. The molecule has 0 radical (unpaired) electrons. The zero-order valence-electron chi connectivity index (χ0n) is 24.7. The predicted octanol–water partition coefficient (Wildman–Crippen LogP) is 4.87. The fourth-order valence-corrected chi connectivity index (χ4v) is 6.47.